The van der Waals surface area contributed by atoms with Gasteiger partial charge in [-0.15, -0.1) is 0 Å². The Morgan fingerprint density at radius 3 is 2.10 bits per heavy atom. The molecule has 3 amide bonds. The number of urea groups is 1. The SMILES string of the molecule is CC(C)CN(CC(=O)O)CC(=O)NC(=O)NC(C)(C)C. The number of rotatable bonds is 6. The predicted octanol–water partition coefficient (Wildman–Crippen LogP) is 0.653. The van der Waals surface area contributed by atoms with Crippen LogP contribution in [-0.4, -0.2) is 53.1 Å². The van der Waals surface area contributed by atoms with Crippen LogP contribution in [-0.2, 0) is 9.59 Å². The highest BCUT2D eigenvalue weighted by Gasteiger charge is 2.19. The molecule has 0 rings (SSSR count). The van der Waals surface area contributed by atoms with Crippen LogP contribution in [0.3, 0.4) is 0 Å². The van der Waals surface area contributed by atoms with Gasteiger partial charge in [-0.2, -0.15) is 0 Å². The first-order valence-electron chi connectivity index (χ1n) is 6.55. The summed E-state index contributed by atoms with van der Waals surface area (Å²) < 4.78 is 0. The summed E-state index contributed by atoms with van der Waals surface area (Å²) in [5.41, 5.74) is -0.441. The van der Waals surface area contributed by atoms with Crippen LogP contribution in [0.15, 0.2) is 0 Å². The van der Waals surface area contributed by atoms with Gasteiger partial charge in [0.25, 0.3) is 0 Å². The molecule has 7 heteroatoms. The topological polar surface area (TPSA) is 98.7 Å². The molecule has 0 aliphatic heterocycles. The molecular weight excluding hydrogens is 262 g/mol. The first-order valence-corrected chi connectivity index (χ1v) is 6.55. The van der Waals surface area contributed by atoms with E-state index in [0.717, 1.165) is 0 Å². The van der Waals surface area contributed by atoms with E-state index in [1.54, 1.807) is 20.8 Å². The zero-order valence-corrected chi connectivity index (χ0v) is 12.8. The van der Waals surface area contributed by atoms with E-state index in [-0.39, 0.29) is 19.0 Å². The van der Waals surface area contributed by atoms with Gasteiger partial charge in [-0.25, -0.2) is 4.79 Å². The summed E-state index contributed by atoms with van der Waals surface area (Å²) in [5, 5.41) is 13.6. The molecule has 0 aliphatic carbocycles. The number of imide groups is 1. The molecule has 0 aromatic carbocycles. The highest BCUT2D eigenvalue weighted by atomic mass is 16.4. The fourth-order valence-electron chi connectivity index (χ4n) is 1.63. The molecule has 0 spiro atoms. The van der Waals surface area contributed by atoms with Gasteiger partial charge in [-0.05, 0) is 26.7 Å². The molecule has 3 N–H and O–H groups in total. The van der Waals surface area contributed by atoms with Crippen LogP contribution in [0.5, 0.6) is 0 Å². The normalized spacial score (nSPS) is 11.6. The molecule has 0 aromatic rings. The molecule has 0 saturated heterocycles. The van der Waals surface area contributed by atoms with Gasteiger partial charge in [0, 0.05) is 12.1 Å². The van der Waals surface area contributed by atoms with Crippen molar-refractivity contribution >= 4 is 17.9 Å². The maximum atomic E-state index is 11.7. The van der Waals surface area contributed by atoms with Crippen molar-refractivity contribution in [1.82, 2.24) is 15.5 Å². The number of hydrogen-bond donors (Lipinski definition) is 3. The number of hydrogen-bond acceptors (Lipinski definition) is 4. The van der Waals surface area contributed by atoms with Crippen molar-refractivity contribution < 1.29 is 19.5 Å². The smallest absolute Gasteiger partial charge is 0.321 e. The first kappa shape index (κ1) is 18.4. The minimum atomic E-state index is -1.00. The standard InChI is InChI=1S/C13H25N3O4/c1-9(2)6-16(8-11(18)19)7-10(17)14-12(20)15-13(3,4)5/h9H,6-8H2,1-5H3,(H,18,19)(H2,14,15,17,20). The number of nitrogens with zero attached hydrogens (tertiary/aromatic N) is 1. The van der Waals surface area contributed by atoms with Crippen LogP contribution >= 0.6 is 0 Å². The first-order chi connectivity index (χ1) is 8.99. The highest BCUT2D eigenvalue weighted by molar-refractivity contribution is 5.95. The van der Waals surface area contributed by atoms with Crippen molar-refractivity contribution in [1.29, 1.82) is 0 Å². The van der Waals surface area contributed by atoms with E-state index in [1.807, 2.05) is 13.8 Å². The van der Waals surface area contributed by atoms with E-state index in [9.17, 15) is 14.4 Å². The minimum absolute atomic E-state index is 0.123. The van der Waals surface area contributed by atoms with Crippen LogP contribution < -0.4 is 10.6 Å². The molecule has 0 unspecified atom stereocenters. The Labute approximate surface area is 119 Å². The van der Waals surface area contributed by atoms with Crippen LogP contribution in [0.1, 0.15) is 34.6 Å². The Bertz CT molecular complexity index is 361. The lowest BCUT2D eigenvalue weighted by Gasteiger charge is -2.23. The third kappa shape index (κ3) is 10.3. The van der Waals surface area contributed by atoms with E-state index in [1.165, 1.54) is 4.90 Å². The highest BCUT2D eigenvalue weighted by Crippen LogP contribution is 1.99. The number of carboxylic acids is 1. The van der Waals surface area contributed by atoms with Gasteiger partial charge in [-0.3, -0.25) is 19.8 Å². The fourth-order valence-corrected chi connectivity index (χ4v) is 1.63. The van der Waals surface area contributed by atoms with Gasteiger partial charge in [0.15, 0.2) is 0 Å². The van der Waals surface area contributed by atoms with Crippen molar-refractivity contribution in [2.45, 2.75) is 40.2 Å². The lowest BCUT2D eigenvalue weighted by atomic mass is 10.1. The van der Waals surface area contributed by atoms with E-state index in [2.05, 4.69) is 10.6 Å². The van der Waals surface area contributed by atoms with E-state index in [0.29, 0.717) is 6.54 Å². The third-order valence-electron chi connectivity index (χ3n) is 2.09. The molecule has 0 aromatic heterocycles. The summed E-state index contributed by atoms with van der Waals surface area (Å²) in [6.07, 6.45) is 0. The molecule has 7 nitrogen and oxygen atoms in total. The summed E-state index contributed by atoms with van der Waals surface area (Å²) in [6, 6.07) is -0.581. The number of carbonyl (C=O) groups is 3. The van der Waals surface area contributed by atoms with Crippen molar-refractivity contribution in [2.75, 3.05) is 19.6 Å². The van der Waals surface area contributed by atoms with Crippen molar-refractivity contribution in [2.24, 2.45) is 5.92 Å². The summed E-state index contributed by atoms with van der Waals surface area (Å²) in [5.74, 6) is -1.29. The van der Waals surface area contributed by atoms with Crippen molar-refractivity contribution in [3.63, 3.8) is 0 Å². The predicted molar refractivity (Wildman–Crippen MR) is 75.3 cm³/mol. The molecule has 116 valence electrons. The molecule has 0 bridgehead atoms. The van der Waals surface area contributed by atoms with E-state index >= 15 is 0 Å². The number of amides is 3. The Morgan fingerprint density at radius 1 is 1.15 bits per heavy atom. The Morgan fingerprint density at radius 2 is 1.70 bits per heavy atom. The van der Waals surface area contributed by atoms with Gasteiger partial charge >= 0.3 is 12.0 Å². The van der Waals surface area contributed by atoms with E-state index in [4.69, 9.17) is 5.11 Å². The number of nitrogens with one attached hydrogen (secondary N) is 2. The van der Waals surface area contributed by atoms with E-state index < -0.39 is 23.4 Å². The van der Waals surface area contributed by atoms with Crippen LogP contribution in [0.2, 0.25) is 0 Å². The molecular formula is C13H25N3O4. The summed E-state index contributed by atoms with van der Waals surface area (Å²) >= 11 is 0. The van der Waals surface area contributed by atoms with Crippen molar-refractivity contribution in [3.8, 4) is 0 Å². The monoisotopic (exact) mass is 287 g/mol. The lowest BCUT2D eigenvalue weighted by molar-refractivity contribution is -0.138. The average Bonchev–Trinajstić information content (AvgIpc) is 2.09. The molecule has 0 atom stereocenters. The van der Waals surface area contributed by atoms with Crippen LogP contribution in [0.25, 0.3) is 0 Å². The molecule has 0 radical (unpaired) electrons. The fraction of sp³-hybridized carbons (Fsp3) is 0.769. The molecule has 0 heterocycles. The quantitative estimate of drug-likeness (QED) is 0.666. The largest absolute Gasteiger partial charge is 0.480 e. The Hall–Kier alpha value is -1.63. The second kappa shape index (κ2) is 7.84. The molecule has 0 aliphatic rings. The summed E-state index contributed by atoms with van der Waals surface area (Å²) in [7, 11) is 0. The van der Waals surface area contributed by atoms with Crippen LogP contribution in [0.4, 0.5) is 4.79 Å². The summed E-state index contributed by atoms with van der Waals surface area (Å²) in [6.45, 7) is 9.37. The third-order valence-corrected chi connectivity index (χ3v) is 2.09. The van der Waals surface area contributed by atoms with Gasteiger partial charge < -0.3 is 10.4 Å². The second-order valence-electron chi connectivity index (χ2n) is 6.21. The average molecular weight is 287 g/mol. The summed E-state index contributed by atoms with van der Waals surface area (Å²) in [4.78, 5) is 35.4. The van der Waals surface area contributed by atoms with Crippen LogP contribution in [0, 0.1) is 5.92 Å². The second-order valence-corrected chi connectivity index (χ2v) is 6.21. The van der Waals surface area contributed by atoms with Crippen molar-refractivity contribution in [3.05, 3.63) is 0 Å². The Balaban J connectivity index is 4.38. The maximum Gasteiger partial charge on any atom is 0.321 e. The maximum absolute atomic E-state index is 11.7. The molecule has 0 saturated carbocycles. The molecule has 0 fully saturated rings. The zero-order chi connectivity index (χ0) is 15.9. The lowest BCUT2D eigenvalue weighted by Crippen LogP contribution is -2.51. The minimum Gasteiger partial charge on any atom is -0.480 e. The van der Waals surface area contributed by atoms with Gasteiger partial charge in [0.2, 0.25) is 5.91 Å². The number of carbonyl (C=O) groups excluding carboxylic acids is 2. The number of aliphatic carboxylic acids is 1. The zero-order valence-electron chi connectivity index (χ0n) is 12.8. The molecule has 20 heavy (non-hydrogen) atoms. The van der Waals surface area contributed by atoms with Gasteiger partial charge in [0.05, 0.1) is 13.1 Å². The number of carboxylic acid groups (broad SMARTS) is 1. The Kier molecular flexibility index (Phi) is 7.20. The van der Waals surface area contributed by atoms with Gasteiger partial charge in [-0.1, -0.05) is 13.8 Å². The van der Waals surface area contributed by atoms with Gasteiger partial charge in [0.1, 0.15) is 0 Å².